The molecule has 0 bridgehead atoms. The zero-order valence-corrected chi connectivity index (χ0v) is 28.2. The zero-order chi connectivity index (χ0) is 34.9. The highest BCUT2D eigenvalue weighted by atomic mass is 35.5. The Balaban J connectivity index is 1.32. The summed E-state index contributed by atoms with van der Waals surface area (Å²) in [6, 6.07) is 23.8. The van der Waals surface area contributed by atoms with E-state index in [0.29, 0.717) is 33.5 Å². The van der Waals surface area contributed by atoms with Crippen molar-refractivity contribution < 1.29 is 33.4 Å². The number of hydrazine groups is 1. The number of methoxy groups -OCH3 is 1. The molecule has 4 aromatic rings. The molecule has 50 heavy (non-hydrogen) atoms. The molecule has 12 heteroatoms. The number of aliphatic hydroxyl groups is 1. The molecule has 8 rings (SSSR count). The van der Waals surface area contributed by atoms with E-state index >= 15 is 4.79 Å². The van der Waals surface area contributed by atoms with Gasteiger partial charge in [-0.1, -0.05) is 65.2 Å². The number of nitrogens with one attached hydrogen (secondary N) is 1. The van der Waals surface area contributed by atoms with Crippen LogP contribution in [-0.2, 0) is 31.2 Å². The Morgan fingerprint density at radius 2 is 1.68 bits per heavy atom. The normalized spacial score (nSPS) is 27.2. The summed E-state index contributed by atoms with van der Waals surface area (Å²) in [5.41, 5.74) is 3.48. The van der Waals surface area contributed by atoms with Gasteiger partial charge in [0.15, 0.2) is 0 Å². The van der Waals surface area contributed by atoms with Crippen molar-refractivity contribution in [2.75, 3.05) is 17.4 Å². The number of ether oxygens (including phenoxy) is 1. The molecule has 4 amide bonds. The van der Waals surface area contributed by atoms with Crippen molar-refractivity contribution in [3.8, 4) is 5.75 Å². The highest BCUT2D eigenvalue weighted by molar-refractivity contribution is 6.36. The van der Waals surface area contributed by atoms with Crippen molar-refractivity contribution in [2.45, 2.75) is 30.8 Å². The quantitative estimate of drug-likeness (QED) is 0.169. The van der Waals surface area contributed by atoms with Crippen molar-refractivity contribution >= 4 is 58.2 Å². The smallest absolute Gasteiger partial charge is 0.260 e. The molecule has 3 fully saturated rings. The molecule has 1 saturated carbocycles. The van der Waals surface area contributed by atoms with Gasteiger partial charge in [0.05, 0.1) is 47.2 Å². The van der Waals surface area contributed by atoms with Gasteiger partial charge in [0.2, 0.25) is 11.8 Å². The molecule has 0 unspecified atom stereocenters. The lowest BCUT2D eigenvalue weighted by Crippen LogP contribution is -2.53. The Hall–Kier alpha value is -4.90. The van der Waals surface area contributed by atoms with E-state index in [1.807, 2.05) is 12.1 Å². The molecule has 254 valence electrons. The Labute approximate surface area is 297 Å². The summed E-state index contributed by atoms with van der Waals surface area (Å²) in [4.78, 5) is 59.4. The number of rotatable bonds is 7. The van der Waals surface area contributed by atoms with E-state index in [2.05, 4.69) is 5.43 Å². The number of halogens is 2. The van der Waals surface area contributed by atoms with Crippen LogP contribution in [0.15, 0.2) is 101 Å². The summed E-state index contributed by atoms with van der Waals surface area (Å²) in [6.07, 6.45) is 2.33. The standard InChI is InChI=1S/C38H31Cl2N3O7/c1-49-23-10-7-20(8-11-23)38-28(35(46)43(37(38)48)41-30-15-9-21(39)17-29(30)40)18-27-25(33(38)31-16-12-24(19-44)50-31)13-14-26-32(27)36(47)42(34(26)45)22-5-3-2-4-6-22/h2-13,15-17,26-28,32-33,41,44H,14,18-19H2,1H3/t26-,27+,28-,32-,33+,38+/m0/s1. The van der Waals surface area contributed by atoms with E-state index in [0.717, 1.165) is 10.6 Å². The minimum absolute atomic E-state index is 0.113. The summed E-state index contributed by atoms with van der Waals surface area (Å²) in [5.74, 6) is -4.34. The lowest BCUT2D eigenvalue weighted by Gasteiger charge is -2.49. The minimum Gasteiger partial charge on any atom is -0.497 e. The Morgan fingerprint density at radius 1 is 0.920 bits per heavy atom. The molecule has 0 spiro atoms. The second kappa shape index (κ2) is 12.2. The first kappa shape index (κ1) is 32.3. The van der Waals surface area contributed by atoms with Gasteiger partial charge in [-0.2, -0.15) is 5.01 Å². The van der Waals surface area contributed by atoms with Gasteiger partial charge in [0.1, 0.15) is 29.3 Å². The fourth-order valence-corrected chi connectivity index (χ4v) is 9.07. The molecule has 3 heterocycles. The number of hydrogen-bond donors (Lipinski definition) is 2. The number of hydrogen-bond acceptors (Lipinski definition) is 8. The number of carbonyl (C=O) groups excluding carboxylic acids is 4. The molecule has 2 aliphatic carbocycles. The molecule has 2 saturated heterocycles. The van der Waals surface area contributed by atoms with Crippen LogP contribution in [0, 0.1) is 23.7 Å². The third-order valence-electron chi connectivity index (χ3n) is 10.7. The van der Waals surface area contributed by atoms with Crippen LogP contribution in [0.5, 0.6) is 5.75 Å². The maximum atomic E-state index is 15.2. The lowest BCUT2D eigenvalue weighted by atomic mass is 9.50. The van der Waals surface area contributed by atoms with Gasteiger partial charge in [-0.15, -0.1) is 0 Å². The molecule has 0 radical (unpaired) electrons. The van der Waals surface area contributed by atoms with Crippen molar-refractivity contribution in [2.24, 2.45) is 23.7 Å². The monoisotopic (exact) mass is 711 g/mol. The first-order valence-electron chi connectivity index (χ1n) is 16.3. The Kier molecular flexibility index (Phi) is 7.85. The van der Waals surface area contributed by atoms with Crippen molar-refractivity contribution in [3.63, 3.8) is 0 Å². The molecule has 4 aliphatic rings. The fourth-order valence-electron chi connectivity index (χ4n) is 8.62. The first-order chi connectivity index (χ1) is 24.2. The third kappa shape index (κ3) is 4.66. The maximum Gasteiger partial charge on any atom is 0.260 e. The van der Waals surface area contributed by atoms with E-state index < -0.39 is 46.8 Å². The van der Waals surface area contributed by atoms with Crippen LogP contribution in [0.1, 0.15) is 35.8 Å². The predicted molar refractivity (Wildman–Crippen MR) is 184 cm³/mol. The zero-order valence-electron chi connectivity index (χ0n) is 26.7. The molecule has 2 N–H and O–H groups in total. The molecule has 10 nitrogen and oxygen atoms in total. The number of para-hydroxylation sites is 1. The first-order valence-corrected chi connectivity index (χ1v) is 17.0. The summed E-state index contributed by atoms with van der Waals surface area (Å²) < 4.78 is 11.7. The summed E-state index contributed by atoms with van der Waals surface area (Å²) >= 11 is 12.7. The summed E-state index contributed by atoms with van der Waals surface area (Å²) in [7, 11) is 1.54. The summed E-state index contributed by atoms with van der Waals surface area (Å²) in [5, 5.41) is 11.6. The molecule has 1 aromatic heterocycles. The van der Waals surface area contributed by atoms with Gasteiger partial charge in [0, 0.05) is 5.02 Å². The molecular formula is C38H31Cl2N3O7. The van der Waals surface area contributed by atoms with E-state index in [-0.39, 0.29) is 42.0 Å². The lowest BCUT2D eigenvalue weighted by molar-refractivity contribution is -0.138. The van der Waals surface area contributed by atoms with Gasteiger partial charge in [-0.3, -0.25) is 29.5 Å². The van der Waals surface area contributed by atoms with Gasteiger partial charge in [-0.05, 0) is 78.9 Å². The molecule has 2 aliphatic heterocycles. The van der Waals surface area contributed by atoms with Crippen molar-refractivity contribution in [1.82, 2.24) is 5.01 Å². The van der Waals surface area contributed by atoms with E-state index in [4.69, 9.17) is 32.4 Å². The van der Waals surface area contributed by atoms with Gasteiger partial charge in [0.25, 0.3) is 11.8 Å². The number of fused-ring (bicyclic) bond motifs is 4. The number of furan rings is 1. The maximum absolute atomic E-state index is 15.2. The Bertz CT molecular complexity index is 2080. The second-order valence-corrected chi connectivity index (χ2v) is 13.9. The van der Waals surface area contributed by atoms with Crippen LogP contribution < -0.4 is 15.1 Å². The molecule has 3 aromatic carbocycles. The van der Waals surface area contributed by atoms with Gasteiger partial charge in [-0.25, -0.2) is 0 Å². The van der Waals surface area contributed by atoms with Crippen molar-refractivity contribution in [1.29, 1.82) is 0 Å². The molecular weight excluding hydrogens is 681 g/mol. The van der Waals surface area contributed by atoms with Crippen LogP contribution >= 0.6 is 23.2 Å². The minimum atomic E-state index is -1.56. The largest absolute Gasteiger partial charge is 0.497 e. The number of anilines is 2. The summed E-state index contributed by atoms with van der Waals surface area (Å²) in [6.45, 7) is -0.381. The Morgan fingerprint density at radius 3 is 2.36 bits per heavy atom. The van der Waals surface area contributed by atoms with E-state index in [1.54, 1.807) is 72.8 Å². The van der Waals surface area contributed by atoms with Crippen molar-refractivity contribution in [3.05, 3.63) is 124 Å². The third-order valence-corrected chi connectivity index (χ3v) is 11.3. The number of allylic oxidation sites excluding steroid dienone is 2. The number of carbonyl (C=O) groups is 4. The van der Waals surface area contributed by atoms with E-state index in [9.17, 15) is 19.5 Å². The molecule has 6 atom stereocenters. The van der Waals surface area contributed by atoms with E-state index in [1.165, 1.54) is 18.1 Å². The van der Waals surface area contributed by atoms with Crippen LogP contribution in [0.25, 0.3) is 0 Å². The fraction of sp³-hybridized carbons (Fsp3) is 0.263. The van der Waals surface area contributed by atoms with Gasteiger partial charge >= 0.3 is 0 Å². The van der Waals surface area contributed by atoms with Crippen LogP contribution in [-0.4, -0.2) is 40.9 Å². The van der Waals surface area contributed by atoms with Gasteiger partial charge < -0.3 is 14.3 Å². The van der Waals surface area contributed by atoms with Crippen LogP contribution in [0.2, 0.25) is 10.0 Å². The van der Waals surface area contributed by atoms with Crippen LogP contribution in [0.4, 0.5) is 11.4 Å². The highest BCUT2D eigenvalue weighted by Gasteiger charge is 2.71. The number of benzene rings is 3. The second-order valence-electron chi connectivity index (χ2n) is 13.0. The predicted octanol–water partition coefficient (Wildman–Crippen LogP) is 6.28. The SMILES string of the molecule is COc1ccc([C@@]23C(=O)N(Nc4ccc(Cl)cc4Cl)C(=O)[C@@H]2C[C@@H]2C(=CC[C@@H]4C(=O)N(c5ccccc5)C(=O)[C@@H]42)[C@@H]3c2ccc(CO)o2)cc1. The average Bonchev–Trinajstić information content (AvgIpc) is 3.77. The average molecular weight is 713 g/mol. The number of nitrogens with zero attached hydrogens (tertiary/aromatic N) is 2. The van der Waals surface area contributed by atoms with Crippen LogP contribution in [0.3, 0.4) is 0 Å². The number of aliphatic hydroxyl groups excluding tert-OH is 1. The topological polar surface area (TPSA) is 129 Å². The number of imide groups is 2. The number of amides is 4. The highest BCUT2D eigenvalue weighted by Crippen LogP contribution is 2.64.